The predicted octanol–water partition coefficient (Wildman–Crippen LogP) is -0.379. The van der Waals surface area contributed by atoms with Crippen molar-refractivity contribution in [1.82, 2.24) is 25.2 Å². The van der Waals surface area contributed by atoms with E-state index in [1.54, 1.807) is 12.3 Å². The molecule has 0 aromatic carbocycles. The number of ether oxygens (including phenoxy) is 1. The van der Waals surface area contributed by atoms with Crippen molar-refractivity contribution in [1.29, 1.82) is 0 Å². The first-order valence-electron chi connectivity index (χ1n) is 4.83. The van der Waals surface area contributed by atoms with E-state index in [1.165, 1.54) is 11.0 Å². The van der Waals surface area contributed by atoms with Gasteiger partial charge in [0.2, 0.25) is 0 Å². The van der Waals surface area contributed by atoms with Gasteiger partial charge in [0.15, 0.2) is 5.82 Å². The van der Waals surface area contributed by atoms with Crippen LogP contribution >= 0.6 is 0 Å². The van der Waals surface area contributed by atoms with Gasteiger partial charge in [0.05, 0.1) is 13.2 Å². The molecule has 82 valence electrons. The van der Waals surface area contributed by atoms with Crippen LogP contribution in [-0.4, -0.2) is 36.9 Å². The number of nitrogens with zero attached hydrogens (tertiary/aromatic N) is 5. The van der Waals surface area contributed by atoms with E-state index in [-0.39, 0.29) is 12.7 Å². The van der Waals surface area contributed by atoms with Crippen molar-refractivity contribution in [2.45, 2.75) is 12.7 Å². The molecule has 0 unspecified atom stereocenters. The maximum absolute atomic E-state index is 9.27. The molecule has 1 N–H and O–H groups in total. The van der Waals surface area contributed by atoms with E-state index in [0.29, 0.717) is 12.4 Å². The van der Waals surface area contributed by atoms with Gasteiger partial charge in [-0.15, -0.1) is 5.10 Å². The summed E-state index contributed by atoms with van der Waals surface area (Å²) in [5.41, 5.74) is 1.72. The smallest absolute Gasteiger partial charge is 0.157 e. The molecular weight excluding hydrogens is 210 g/mol. The number of aliphatic hydroxyl groups excluding tert-OH is 1. The largest absolute Gasteiger partial charge is 0.392 e. The molecule has 2 aromatic rings. The van der Waals surface area contributed by atoms with E-state index in [1.807, 2.05) is 0 Å². The Labute approximate surface area is 90.7 Å². The summed E-state index contributed by atoms with van der Waals surface area (Å²) in [7, 11) is 0. The molecule has 0 bridgehead atoms. The van der Waals surface area contributed by atoms with Crippen molar-refractivity contribution < 1.29 is 9.84 Å². The number of aliphatic hydroxyl groups is 1. The minimum absolute atomic E-state index is 0.0488. The Kier molecular flexibility index (Phi) is 2.12. The minimum Gasteiger partial charge on any atom is -0.392 e. The Hall–Kier alpha value is -1.86. The summed E-state index contributed by atoms with van der Waals surface area (Å²) < 4.78 is 6.61. The number of aromatic nitrogens is 5. The molecule has 3 rings (SSSR count). The third-order valence-corrected chi connectivity index (χ3v) is 2.44. The average molecular weight is 219 g/mol. The zero-order valence-corrected chi connectivity index (χ0v) is 8.32. The fourth-order valence-corrected chi connectivity index (χ4v) is 1.54. The van der Waals surface area contributed by atoms with Gasteiger partial charge in [0.1, 0.15) is 12.4 Å². The first-order chi connectivity index (χ1) is 7.88. The van der Waals surface area contributed by atoms with Crippen LogP contribution in [0.25, 0.3) is 5.82 Å². The van der Waals surface area contributed by atoms with Gasteiger partial charge in [0.25, 0.3) is 0 Å². The lowest BCUT2D eigenvalue weighted by Crippen LogP contribution is -2.03. The minimum atomic E-state index is -0.0488. The summed E-state index contributed by atoms with van der Waals surface area (Å²) in [5, 5.41) is 20.1. The van der Waals surface area contributed by atoms with Crippen LogP contribution in [0.1, 0.15) is 17.2 Å². The van der Waals surface area contributed by atoms with Crippen LogP contribution in [-0.2, 0) is 11.3 Å². The highest BCUT2D eigenvalue weighted by Gasteiger charge is 2.27. The van der Waals surface area contributed by atoms with Crippen molar-refractivity contribution in [2.75, 3.05) is 6.61 Å². The number of rotatable bonds is 3. The third kappa shape index (κ3) is 1.55. The van der Waals surface area contributed by atoms with E-state index in [9.17, 15) is 5.11 Å². The van der Waals surface area contributed by atoms with Gasteiger partial charge in [-0.3, -0.25) is 0 Å². The van der Waals surface area contributed by atoms with Gasteiger partial charge < -0.3 is 9.84 Å². The zero-order valence-electron chi connectivity index (χ0n) is 8.32. The third-order valence-electron chi connectivity index (χ3n) is 2.44. The van der Waals surface area contributed by atoms with Crippen LogP contribution in [0.2, 0.25) is 0 Å². The molecule has 1 atom stereocenters. The van der Waals surface area contributed by atoms with E-state index >= 15 is 0 Å². The van der Waals surface area contributed by atoms with Crippen molar-refractivity contribution in [2.24, 2.45) is 0 Å². The summed E-state index contributed by atoms with van der Waals surface area (Å²) >= 11 is 0. The average Bonchev–Trinajstić information content (AvgIpc) is 3.03. The Morgan fingerprint density at radius 3 is 3.06 bits per heavy atom. The quantitative estimate of drug-likeness (QED) is 0.708. The normalized spacial score (nSPS) is 18.7. The molecule has 0 aliphatic carbocycles. The molecule has 0 spiro atoms. The van der Waals surface area contributed by atoms with E-state index < -0.39 is 0 Å². The number of hydrogen-bond acceptors (Lipinski definition) is 6. The van der Waals surface area contributed by atoms with Gasteiger partial charge in [0, 0.05) is 11.8 Å². The van der Waals surface area contributed by atoms with Crippen LogP contribution in [0.5, 0.6) is 0 Å². The molecule has 3 heterocycles. The lowest BCUT2D eigenvalue weighted by atomic mass is 10.1. The summed E-state index contributed by atoms with van der Waals surface area (Å²) in [6, 6.07) is 1.76. The molecule has 7 nitrogen and oxygen atoms in total. The summed E-state index contributed by atoms with van der Waals surface area (Å²) in [6.07, 6.45) is 3.23. The molecule has 1 saturated heterocycles. The molecule has 0 saturated carbocycles. The SMILES string of the molecule is OCc1cc(-n2cnnn2)ncc1[C@@H]1CO1. The summed E-state index contributed by atoms with van der Waals surface area (Å²) in [4.78, 5) is 4.22. The first-order valence-corrected chi connectivity index (χ1v) is 4.83. The Bertz CT molecular complexity index is 495. The van der Waals surface area contributed by atoms with Crippen molar-refractivity contribution in [3.63, 3.8) is 0 Å². The summed E-state index contributed by atoms with van der Waals surface area (Å²) in [6.45, 7) is 0.645. The van der Waals surface area contributed by atoms with E-state index in [2.05, 4.69) is 20.5 Å². The van der Waals surface area contributed by atoms with Crippen LogP contribution in [0.15, 0.2) is 18.6 Å². The zero-order chi connectivity index (χ0) is 11.0. The second-order valence-corrected chi connectivity index (χ2v) is 3.48. The molecular formula is C9H9N5O2. The maximum atomic E-state index is 9.27. The fourth-order valence-electron chi connectivity index (χ4n) is 1.54. The molecule has 1 aliphatic rings. The molecule has 16 heavy (non-hydrogen) atoms. The van der Waals surface area contributed by atoms with Crippen molar-refractivity contribution in [3.05, 3.63) is 29.7 Å². The maximum Gasteiger partial charge on any atom is 0.157 e. The number of hydrogen-bond donors (Lipinski definition) is 1. The molecule has 1 aliphatic heterocycles. The molecule has 7 heteroatoms. The van der Waals surface area contributed by atoms with Crippen LogP contribution in [0.4, 0.5) is 0 Å². The topological polar surface area (TPSA) is 89.2 Å². The van der Waals surface area contributed by atoms with E-state index in [0.717, 1.165) is 11.1 Å². The van der Waals surface area contributed by atoms with Gasteiger partial charge in [-0.2, -0.15) is 4.68 Å². The van der Waals surface area contributed by atoms with Crippen LogP contribution in [0, 0.1) is 0 Å². The Balaban J connectivity index is 2.02. The standard InChI is InChI=1S/C9H9N5O2/c15-3-6-1-9(14-5-11-12-13-14)10-2-7(6)8-4-16-8/h1-2,5,8,15H,3-4H2/t8-/m0/s1. The van der Waals surface area contributed by atoms with Crippen LogP contribution in [0.3, 0.4) is 0 Å². The lowest BCUT2D eigenvalue weighted by molar-refractivity contribution is 0.278. The van der Waals surface area contributed by atoms with E-state index in [4.69, 9.17) is 4.74 Å². The lowest BCUT2D eigenvalue weighted by Gasteiger charge is -2.06. The fraction of sp³-hybridized carbons (Fsp3) is 0.333. The summed E-state index contributed by atoms with van der Waals surface area (Å²) in [5.74, 6) is 0.582. The Morgan fingerprint density at radius 1 is 1.56 bits per heavy atom. The van der Waals surface area contributed by atoms with Crippen molar-refractivity contribution in [3.8, 4) is 5.82 Å². The van der Waals surface area contributed by atoms with Gasteiger partial charge in [-0.05, 0) is 22.1 Å². The highest BCUT2D eigenvalue weighted by atomic mass is 16.6. The molecule has 0 amide bonds. The molecule has 1 fully saturated rings. The van der Waals surface area contributed by atoms with Gasteiger partial charge >= 0.3 is 0 Å². The predicted molar refractivity (Wildman–Crippen MR) is 51.6 cm³/mol. The Morgan fingerprint density at radius 2 is 2.44 bits per heavy atom. The second-order valence-electron chi connectivity index (χ2n) is 3.48. The second kappa shape index (κ2) is 3.62. The number of pyridine rings is 1. The number of epoxide rings is 1. The highest BCUT2D eigenvalue weighted by Crippen LogP contribution is 2.32. The monoisotopic (exact) mass is 219 g/mol. The van der Waals surface area contributed by atoms with Crippen molar-refractivity contribution >= 4 is 0 Å². The van der Waals surface area contributed by atoms with Gasteiger partial charge in [-0.25, -0.2) is 4.98 Å². The highest BCUT2D eigenvalue weighted by molar-refractivity contribution is 5.35. The first kappa shape index (κ1) is 9.37. The van der Waals surface area contributed by atoms with Gasteiger partial charge in [-0.1, -0.05) is 0 Å². The molecule has 0 radical (unpaired) electrons. The molecule has 2 aromatic heterocycles. The number of tetrazole rings is 1. The van der Waals surface area contributed by atoms with Crippen LogP contribution < -0.4 is 0 Å².